The number of anilines is 2. The van der Waals surface area contributed by atoms with Gasteiger partial charge in [-0.15, -0.1) is 0 Å². The van der Waals surface area contributed by atoms with Gasteiger partial charge in [-0.25, -0.2) is 4.79 Å². The minimum Gasteiger partial charge on any atom is -0.495 e. The zero-order chi connectivity index (χ0) is 19.2. The highest BCUT2D eigenvalue weighted by Gasteiger charge is 2.17. The number of hydrogen-bond acceptors (Lipinski definition) is 5. The van der Waals surface area contributed by atoms with Crippen molar-refractivity contribution in [1.29, 1.82) is 5.26 Å². The Kier molecular flexibility index (Phi) is 6.29. The van der Waals surface area contributed by atoms with Crippen LogP contribution in [0.15, 0.2) is 40.9 Å². The molecule has 0 aliphatic carbocycles. The van der Waals surface area contributed by atoms with E-state index >= 15 is 0 Å². The molecule has 1 atom stereocenters. The third-order valence-electron chi connectivity index (χ3n) is 4.12. The van der Waals surface area contributed by atoms with Crippen LogP contribution >= 0.6 is 15.9 Å². The normalized spacial score (nSPS) is 16.3. The number of benzene rings is 2. The van der Waals surface area contributed by atoms with Crippen molar-refractivity contribution in [2.24, 2.45) is 0 Å². The third kappa shape index (κ3) is 4.77. The molecule has 7 nitrogen and oxygen atoms in total. The van der Waals surface area contributed by atoms with E-state index in [2.05, 4.69) is 31.9 Å². The summed E-state index contributed by atoms with van der Waals surface area (Å²) in [5.74, 6) is 0.473. The van der Waals surface area contributed by atoms with Gasteiger partial charge in [0.05, 0.1) is 42.8 Å². The SMILES string of the molecule is COc1ccc(C#N)cc1NC(=O)Nc1ccc([C@H]2CNCCO2)cc1Br. The topological polar surface area (TPSA) is 95.4 Å². The predicted molar refractivity (Wildman–Crippen MR) is 106 cm³/mol. The van der Waals surface area contributed by atoms with Gasteiger partial charge in [-0.1, -0.05) is 6.07 Å². The monoisotopic (exact) mass is 430 g/mol. The average Bonchev–Trinajstić information content (AvgIpc) is 2.70. The van der Waals surface area contributed by atoms with Crippen LogP contribution in [0.2, 0.25) is 0 Å². The fraction of sp³-hybridized carbons (Fsp3) is 0.263. The van der Waals surface area contributed by atoms with Crippen molar-refractivity contribution in [3.8, 4) is 11.8 Å². The van der Waals surface area contributed by atoms with Gasteiger partial charge in [0.25, 0.3) is 0 Å². The maximum Gasteiger partial charge on any atom is 0.323 e. The Balaban J connectivity index is 1.70. The molecule has 8 heteroatoms. The van der Waals surface area contributed by atoms with Crippen molar-refractivity contribution >= 4 is 33.3 Å². The number of hydrogen-bond donors (Lipinski definition) is 3. The molecule has 1 fully saturated rings. The van der Waals surface area contributed by atoms with Crippen molar-refractivity contribution in [2.45, 2.75) is 6.10 Å². The van der Waals surface area contributed by atoms with Crippen molar-refractivity contribution in [2.75, 3.05) is 37.4 Å². The van der Waals surface area contributed by atoms with E-state index in [1.807, 2.05) is 24.3 Å². The first kappa shape index (κ1) is 19.2. The molecule has 0 aromatic heterocycles. The molecule has 2 aromatic carbocycles. The molecule has 0 saturated carbocycles. The summed E-state index contributed by atoms with van der Waals surface area (Å²) in [6.45, 7) is 2.29. The molecule has 1 aliphatic heterocycles. The molecule has 0 radical (unpaired) electrons. The van der Waals surface area contributed by atoms with Gasteiger partial charge >= 0.3 is 6.03 Å². The number of ether oxygens (including phenoxy) is 2. The van der Waals surface area contributed by atoms with E-state index in [4.69, 9.17) is 14.7 Å². The Morgan fingerprint density at radius 1 is 1.30 bits per heavy atom. The summed E-state index contributed by atoms with van der Waals surface area (Å²) in [6.07, 6.45) is -0.00379. The Labute approximate surface area is 165 Å². The lowest BCUT2D eigenvalue weighted by atomic mass is 10.1. The summed E-state index contributed by atoms with van der Waals surface area (Å²) >= 11 is 3.49. The predicted octanol–water partition coefficient (Wildman–Crippen LogP) is 3.63. The molecule has 1 saturated heterocycles. The van der Waals surface area contributed by atoms with Crippen LogP contribution in [0.25, 0.3) is 0 Å². The Hall–Kier alpha value is -2.60. The Morgan fingerprint density at radius 2 is 2.11 bits per heavy atom. The van der Waals surface area contributed by atoms with Gasteiger partial charge in [-0.05, 0) is 51.8 Å². The van der Waals surface area contributed by atoms with Gasteiger partial charge in [-0.3, -0.25) is 0 Å². The highest BCUT2D eigenvalue weighted by molar-refractivity contribution is 9.10. The first-order chi connectivity index (χ1) is 13.1. The van der Waals surface area contributed by atoms with E-state index in [-0.39, 0.29) is 6.10 Å². The molecule has 0 bridgehead atoms. The molecule has 3 N–H and O–H groups in total. The van der Waals surface area contributed by atoms with Crippen molar-refractivity contribution in [3.63, 3.8) is 0 Å². The van der Waals surface area contributed by atoms with Gasteiger partial charge < -0.3 is 25.4 Å². The summed E-state index contributed by atoms with van der Waals surface area (Å²) < 4.78 is 11.7. The van der Waals surface area contributed by atoms with E-state index in [9.17, 15) is 4.79 Å². The molecule has 2 amide bonds. The van der Waals surface area contributed by atoms with Crippen LogP contribution in [0.4, 0.5) is 16.2 Å². The van der Waals surface area contributed by atoms with Crippen LogP contribution in [0.5, 0.6) is 5.75 Å². The molecular weight excluding hydrogens is 412 g/mol. The number of nitrogens with one attached hydrogen (secondary N) is 3. The van der Waals surface area contributed by atoms with Crippen LogP contribution < -0.4 is 20.7 Å². The number of rotatable bonds is 4. The second-order valence-corrected chi connectivity index (χ2v) is 6.76. The van der Waals surface area contributed by atoms with Gasteiger partial charge in [0.2, 0.25) is 0 Å². The summed E-state index contributed by atoms with van der Waals surface area (Å²) in [6, 6.07) is 12.1. The molecule has 0 spiro atoms. The number of nitrogens with zero attached hydrogens (tertiary/aromatic N) is 1. The first-order valence-electron chi connectivity index (χ1n) is 8.38. The van der Waals surface area contributed by atoms with Crippen LogP contribution in [-0.4, -0.2) is 32.8 Å². The number of morpholine rings is 1. The summed E-state index contributed by atoms with van der Waals surface area (Å²) in [7, 11) is 1.50. The largest absolute Gasteiger partial charge is 0.495 e. The highest BCUT2D eigenvalue weighted by Crippen LogP contribution is 2.29. The minimum atomic E-state index is -0.438. The number of nitriles is 1. The first-order valence-corrected chi connectivity index (χ1v) is 9.18. The molecule has 27 heavy (non-hydrogen) atoms. The van der Waals surface area contributed by atoms with Gasteiger partial charge in [0, 0.05) is 17.6 Å². The van der Waals surface area contributed by atoms with E-state index in [0.717, 1.165) is 23.1 Å². The van der Waals surface area contributed by atoms with E-state index in [0.29, 0.717) is 29.3 Å². The quantitative estimate of drug-likeness (QED) is 0.687. The van der Waals surface area contributed by atoms with Crippen molar-refractivity contribution in [1.82, 2.24) is 5.32 Å². The van der Waals surface area contributed by atoms with Crippen LogP contribution in [0, 0.1) is 11.3 Å². The lowest BCUT2D eigenvalue weighted by molar-refractivity contribution is 0.0277. The average molecular weight is 431 g/mol. The third-order valence-corrected chi connectivity index (χ3v) is 4.77. The Morgan fingerprint density at radius 3 is 2.78 bits per heavy atom. The molecule has 0 unspecified atom stereocenters. The van der Waals surface area contributed by atoms with E-state index in [1.54, 1.807) is 18.2 Å². The molecule has 1 heterocycles. The number of carbonyl (C=O) groups is 1. The molecule has 3 rings (SSSR count). The lowest BCUT2D eigenvalue weighted by Gasteiger charge is -2.24. The molecular formula is C19H19BrN4O3. The number of carbonyl (C=O) groups excluding carboxylic acids is 1. The zero-order valence-electron chi connectivity index (χ0n) is 14.7. The van der Waals surface area contributed by atoms with Gasteiger partial charge in [0.1, 0.15) is 5.75 Å². The molecule has 1 aliphatic rings. The Bertz CT molecular complexity index is 876. The number of methoxy groups -OCH3 is 1. The summed E-state index contributed by atoms with van der Waals surface area (Å²) in [5.41, 5.74) is 2.50. The highest BCUT2D eigenvalue weighted by atomic mass is 79.9. The second-order valence-electron chi connectivity index (χ2n) is 5.91. The molecule has 140 valence electrons. The van der Waals surface area contributed by atoms with Gasteiger partial charge in [-0.2, -0.15) is 5.26 Å². The maximum absolute atomic E-state index is 12.4. The smallest absolute Gasteiger partial charge is 0.323 e. The standard InChI is InChI=1S/C19H19BrN4O3/c1-26-17-5-2-12(10-21)8-16(17)24-19(25)23-15-4-3-13(9-14(15)20)18-11-22-6-7-27-18/h2-5,8-9,18,22H,6-7,11H2,1H3,(H2,23,24,25)/t18-/m1/s1. The van der Waals surface area contributed by atoms with Crippen LogP contribution in [0.1, 0.15) is 17.2 Å². The summed E-state index contributed by atoms with van der Waals surface area (Å²) in [4.78, 5) is 12.4. The second kappa shape index (κ2) is 8.86. The van der Waals surface area contributed by atoms with Crippen molar-refractivity contribution < 1.29 is 14.3 Å². The van der Waals surface area contributed by atoms with Crippen LogP contribution in [-0.2, 0) is 4.74 Å². The number of urea groups is 1. The van der Waals surface area contributed by atoms with E-state index in [1.165, 1.54) is 7.11 Å². The van der Waals surface area contributed by atoms with E-state index < -0.39 is 6.03 Å². The van der Waals surface area contributed by atoms with Crippen LogP contribution in [0.3, 0.4) is 0 Å². The lowest BCUT2D eigenvalue weighted by Crippen LogP contribution is -2.33. The maximum atomic E-state index is 12.4. The fourth-order valence-electron chi connectivity index (χ4n) is 2.76. The fourth-order valence-corrected chi connectivity index (χ4v) is 3.26. The number of amides is 2. The van der Waals surface area contributed by atoms with Crippen molar-refractivity contribution in [3.05, 3.63) is 52.0 Å². The van der Waals surface area contributed by atoms with Gasteiger partial charge in [0.15, 0.2) is 0 Å². The summed E-state index contributed by atoms with van der Waals surface area (Å²) in [5, 5.41) is 17.8. The number of halogens is 1. The zero-order valence-corrected chi connectivity index (χ0v) is 16.3. The molecule has 2 aromatic rings. The minimum absolute atomic E-state index is 0.00379.